The van der Waals surface area contributed by atoms with Crippen LogP contribution < -0.4 is 5.32 Å². The summed E-state index contributed by atoms with van der Waals surface area (Å²) in [5.74, 6) is 0.0694. The van der Waals surface area contributed by atoms with Crippen molar-refractivity contribution in [2.45, 2.75) is 51.2 Å². The van der Waals surface area contributed by atoms with Gasteiger partial charge in [-0.3, -0.25) is 14.4 Å². The molecule has 1 aromatic carbocycles. The molecule has 1 N–H and O–H groups in total. The molecule has 5 rings (SSSR count). The maximum Gasteiger partial charge on any atom is 0.251 e. The zero-order valence-electron chi connectivity index (χ0n) is 17.6. The monoisotopic (exact) mass is 441 g/mol. The van der Waals surface area contributed by atoms with Crippen LogP contribution in [0.3, 0.4) is 0 Å². The fraction of sp³-hybridized carbons (Fsp3) is 0.565. The highest BCUT2D eigenvalue weighted by Crippen LogP contribution is 2.42. The number of Topliss-reactive ketones (excluding diaryl/α,β-unsaturated/α-hetero) is 1. The van der Waals surface area contributed by atoms with Crippen molar-refractivity contribution in [1.29, 1.82) is 0 Å². The molecule has 3 aliphatic rings. The quantitative estimate of drug-likeness (QED) is 0.771. The van der Waals surface area contributed by atoms with Crippen LogP contribution in [0, 0.1) is 11.3 Å². The predicted octanol–water partition coefficient (Wildman–Crippen LogP) is 2.79. The number of hydrogen-bond acceptors (Lipinski definition) is 6. The van der Waals surface area contributed by atoms with Gasteiger partial charge in [0.1, 0.15) is 12.6 Å². The number of carbonyl (C=O) groups is 3. The molecule has 1 saturated carbocycles. The lowest BCUT2D eigenvalue weighted by molar-refractivity contribution is -0.138. The third kappa shape index (κ3) is 3.76. The first kappa shape index (κ1) is 20.6. The molecule has 1 aliphatic carbocycles. The second-order valence-corrected chi connectivity index (χ2v) is 10.2. The van der Waals surface area contributed by atoms with E-state index in [2.05, 4.69) is 10.3 Å². The third-order valence-corrected chi connectivity index (χ3v) is 7.96. The fourth-order valence-corrected chi connectivity index (χ4v) is 6.20. The van der Waals surface area contributed by atoms with Gasteiger partial charge in [-0.25, -0.2) is 4.98 Å². The van der Waals surface area contributed by atoms with E-state index < -0.39 is 6.04 Å². The van der Waals surface area contributed by atoms with Crippen LogP contribution in [0.4, 0.5) is 0 Å². The smallest absolute Gasteiger partial charge is 0.251 e. The largest absolute Gasteiger partial charge is 0.367 e. The first-order chi connectivity index (χ1) is 15.0. The van der Waals surface area contributed by atoms with Crippen LogP contribution in [0.1, 0.15) is 49.4 Å². The lowest BCUT2D eigenvalue weighted by Gasteiger charge is -2.32. The van der Waals surface area contributed by atoms with E-state index in [1.807, 2.05) is 19.1 Å². The summed E-state index contributed by atoms with van der Waals surface area (Å²) in [4.78, 5) is 44.4. The van der Waals surface area contributed by atoms with Gasteiger partial charge >= 0.3 is 0 Å². The number of nitrogens with zero attached hydrogens (tertiary/aromatic N) is 2. The molecular weight excluding hydrogens is 414 g/mol. The molecule has 7 nitrogen and oxygen atoms in total. The summed E-state index contributed by atoms with van der Waals surface area (Å²) >= 11 is 1.51. The Morgan fingerprint density at radius 1 is 1.32 bits per heavy atom. The van der Waals surface area contributed by atoms with Crippen LogP contribution in [-0.4, -0.2) is 59.3 Å². The van der Waals surface area contributed by atoms with Crippen molar-refractivity contribution in [1.82, 2.24) is 15.2 Å². The maximum absolute atomic E-state index is 13.3. The molecule has 2 amide bonds. The second-order valence-electron chi connectivity index (χ2n) is 9.31. The lowest BCUT2D eigenvalue weighted by atomic mass is 9.81. The summed E-state index contributed by atoms with van der Waals surface area (Å²) < 4.78 is 6.61. The number of aromatic nitrogens is 1. The highest BCUT2D eigenvalue weighted by molar-refractivity contribution is 7.16. The van der Waals surface area contributed by atoms with Crippen LogP contribution >= 0.6 is 11.3 Å². The minimum Gasteiger partial charge on any atom is -0.367 e. The van der Waals surface area contributed by atoms with Crippen molar-refractivity contribution in [2.75, 3.05) is 19.7 Å². The Labute approximate surface area is 185 Å². The number of ketones is 1. The van der Waals surface area contributed by atoms with Gasteiger partial charge in [0.15, 0.2) is 5.78 Å². The van der Waals surface area contributed by atoms with E-state index in [1.165, 1.54) is 11.3 Å². The Balaban J connectivity index is 1.27. The zero-order valence-corrected chi connectivity index (χ0v) is 18.5. The Morgan fingerprint density at radius 3 is 2.94 bits per heavy atom. The van der Waals surface area contributed by atoms with E-state index in [0.717, 1.165) is 35.9 Å². The minimum atomic E-state index is -0.429. The molecule has 0 spiro atoms. The number of ether oxygens (including phenoxy) is 1. The number of thiazole rings is 1. The predicted molar refractivity (Wildman–Crippen MR) is 117 cm³/mol. The van der Waals surface area contributed by atoms with Gasteiger partial charge in [0.05, 0.1) is 21.8 Å². The molecule has 2 aromatic rings. The molecule has 3 atom stereocenters. The highest BCUT2D eigenvalue weighted by atomic mass is 32.1. The Morgan fingerprint density at radius 2 is 2.13 bits per heavy atom. The van der Waals surface area contributed by atoms with Crippen molar-refractivity contribution in [3.8, 4) is 0 Å². The lowest BCUT2D eigenvalue weighted by Crippen LogP contribution is -2.45. The molecule has 31 heavy (non-hydrogen) atoms. The summed E-state index contributed by atoms with van der Waals surface area (Å²) in [5.41, 5.74) is 3.03. The van der Waals surface area contributed by atoms with Gasteiger partial charge in [0.25, 0.3) is 5.91 Å². The van der Waals surface area contributed by atoms with Gasteiger partial charge in [-0.1, -0.05) is 19.8 Å². The number of nitrogens with one attached hydrogen (secondary N) is 1. The van der Waals surface area contributed by atoms with Gasteiger partial charge in [-0.15, -0.1) is 11.3 Å². The number of benzene rings is 1. The normalized spacial score (nSPS) is 27.1. The van der Waals surface area contributed by atoms with Crippen LogP contribution in [0.25, 0.3) is 10.2 Å². The SMILES string of the molecule is C[C@@H]1CN(C(=O)CC2(CNC(=O)c3ccc4ncsc4c3)CCCC2)[C@@H]2C(=O)CO[C@H]12. The average Bonchev–Trinajstić information content (AvgIpc) is 3.53. The molecule has 2 aliphatic heterocycles. The zero-order chi connectivity index (χ0) is 21.6. The topological polar surface area (TPSA) is 88.6 Å². The molecule has 8 heteroatoms. The summed E-state index contributed by atoms with van der Waals surface area (Å²) in [6.07, 6.45) is 4.13. The van der Waals surface area contributed by atoms with E-state index in [1.54, 1.807) is 16.5 Å². The van der Waals surface area contributed by atoms with Crippen molar-refractivity contribution >= 4 is 39.2 Å². The molecule has 3 fully saturated rings. The number of rotatable bonds is 5. The average molecular weight is 442 g/mol. The van der Waals surface area contributed by atoms with E-state index >= 15 is 0 Å². The molecule has 3 heterocycles. The van der Waals surface area contributed by atoms with Crippen molar-refractivity contribution in [3.63, 3.8) is 0 Å². The third-order valence-electron chi connectivity index (χ3n) is 7.17. The Kier molecular flexibility index (Phi) is 5.30. The van der Waals surface area contributed by atoms with Crippen LogP contribution in [0.15, 0.2) is 23.7 Å². The number of likely N-dealkylation sites (tertiary alicyclic amines) is 1. The van der Waals surface area contributed by atoms with Gasteiger partial charge in [0.2, 0.25) is 5.91 Å². The van der Waals surface area contributed by atoms with E-state index in [-0.39, 0.29) is 41.6 Å². The van der Waals surface area contributed by atoms with Crippen LogP contribution in [0.2, 0.25) is 0 Å². The van der Waals surface area contributed by atoms with Gasteiger partial charge in [-0.05, 0) is 36.5 Å². The van der Waals surface area contributed by atoms with Crippen molar-refractivity contribution in [2.24, 2.45) is 11.3 Å². The number of fused-ring (bicyclic) bond motifs is 2. The first-order valence-electron chi connectivity index (χ1n) is 11.0. The summed E-state index contributed by atoms with van der Waals surface area (Å²) in [7, 11) is 0. The molecule has 1 aromatic heterocycles. The first-order valence-corrected chi connectivity index (χ1v) is 11.9. The van der Waals surface area contributed by atoms with E-state index in [4.69, 9.17) is 4.74 Å². The standard InChI is InChI=1S/C23H27N3O4S/c1-14-10-26(20-17(27)11-30-21(14)20)19(28)9-23(6-2-3-7-23)12-24-22(29)15-4-5-16-18(8-15)31-13-25-16/h4-5,8,13-14,20-21H,2-3,6-7,9-12H2,1H3,(H,24,29)/t14-,20-,21-/m1/s1. The fourth-order valence-electron chi connectivity index (χ4n) is 5.48. The Bertz CT molecular complexity index is 1030. The number of carbonyl (C=O) groups excluding carboxylic acids is 3. The van der Waals surface area contributed by atoms with E-state index in [9.17, 15) is 14.4 Å². The summed E-state index contributed by atoms with van der Waals surface area (Å²) in [6.45, 7) is 3.18. The van der Waals surface area contributed by atoms with Crippen LogP contribution in [-0.2, 0) is 14.3 Å². The maximum atomic E-state index is 13.3. The molecule has 0 radical (unpaired) electrons. The molecule has 164 valence electrons. The van der Waals surface area contributed by atoms with Crippen molar-refractivity contribution < 1.29 is 19.1 Å². The van der Waals surface area contributed by atoms with Gasteiger partial charge < -0.3 is 15.0 Å². The van der Waals surface area contributed by atoms with Gasteiger partial charge in [0, 0.05) is 31.0 Å². The van der Waals surface area contributed by atoms with Crippen LogP contribution in [0.5, 0.6) is 0 Å². The van der Waals surface area contributed by atoms with E-state index in [0.29, 0.717) is 25.1 Å². The molecule has 2 saturated heterocycles. The van der Waals surface area contributed by atoms with Crippen molar-refractivity contribution in [3.05, 3.63) is 29.3 Å². The molecule has 0 bridgehead atoms. The molecule has 0 unspecified atom stereocenters. The number of hydrogen-bond donors (Lipinski definition) is 1. The Hall–Kier alpha value is -2.32. The molecular formula is C23H27N3O4S. The second kappa shape index (κ2) is 7.98. The summed E-state index contributed by atoms with van der Waals surface area (Å²) in [6, 6.07) is 5.09. The summed E-state index contributed by atoms with van der Waals surface area (Å²) in [5, 5.41) is 3.08. The van der Waals surface area contributed by atoms with Gasteiger partial charge in [-0.2, -0.15) is 0 Å². The minimum absolute atomic E-state index is 0.00920. The number of amides is 2. The highest BCUT2D eigenvalue weighted by Gasteiger charge is 2.51.